The molecule has 0 radical (unpaired) electrons. The molecule has 2 aromatic rings. The van der Waals surface area contributed by atoms with Crippen LogP contribution in [-0.2, 0) is 48.4 Å². The van der Waals surface area contributed by atoms with Crippen molar-refractivity contribution in [2.45, 2.75) is 55.8 Å². The van der Waals surface area contributed by atoms with Crippen molar-refractivity contribution >= 4 is 21.5 Å². The van der Waals surface area contributed by atoms with Crippen LogP contribution in [0.1, 0.15) is 24.4 Å². The van der Waals surface area contributed by atoms with Gasteiger partial charge >= 0.3 is 5.51 Å². The third-order valence-electron chi connectivity index (χ3n) is 5.17. The lowest BCUT2D eigenvalue weighted by molar-refractivity contribution is -0.681. The number of aryl methyl sites for hydroxylation is 1. The SMILES string of the molecule is C[n+]1ccsc1[C@@]1(N=[N+]=[N-])O[C@H](COCc2ccccc2)[C@H]2OC(C)(C)O[C@H]21.O=S(=O)([O-])C(F)(F)F. The summed E-state index contributed by atoms with van der Waals surface area (Å²) in [5.41, 5.74) is 3.42. The first-order valence-corrected chi connectivity index (χ1v) is 12.7. The van der Waals surface area contributed by atoms with Crippen LogP contribution in [0.3, 0.4) is 0 Å². The summed E-state index contributed by atoms with van der Waals surface area (Å²) in [6, 6.07) is 9.93. The smallest absolute Gasteiger partial charge is 0.485 e. The second-order valence-corrected chi connectivity index (χ2v) is 10.5. The van der Waals surface area contributed by atoms with E-state index in [1.54, 1.807) is 0 Å². The molecule has 0 aliphatic carbocycles. The van der Waals surface area contributed by atoms with Crippen molar-refractivity contribution in [1.82, 2.24) is 0 Å². The van der Waals surface area contributed by atoms with E-state index in [1.807, 2.05) is 67.4 Å². The molecular weight excluding hydrogens is 529 g/mol. The summed E-state index contributed by atoms with van der Waals surface area (Å²) in [5.74, 6) is -0.803. The van der Waals surface area contributed by atoms with Crippen LogP contribution >= 0.6 is 11.3 Å². The van der Waals surface area contributed by atoms with E-state index in [-0.39, 0.29) is 0 Å². The normalized spacial score (nSPS) is 27.0. The fourth-order valence-electron chi connectivity index (χ4n) is 3.76. The van der Waals surface area contributed by atoms with Gasteiger partial charge in [0.15, 0.2) is 22.1 Å². The second kappa shape index (κ2) is 10.6. The maximum absolute atomic E-state index is 10.7. The molecule has 0 saturated carbocycles. The topological polar surface area (TPSA) is 147 Å². The average molecular weight is 553 g/mol. The monoisotopic (exact) mass is 552 g/mol. The molecule has 4 rings (SSSR count). The highest BCUT2D eigenvalue weighted by atomic mass is 32.2. The van der Waals surface area contributed by atoms with Crippen molar-refractivity contribution < 1.29 is 49.7 Å². The number of rotatable bonds is 6. The number of fused-ring (bicyclic) bond motifs is 1. The minimum atomic E-state index is -6.09. The molecule has 16 heteroatoms. The molecule has 11 nitrogen and oxygen atoms in total. The zero-order valence-electron chi connectivity index (χ0n) is 19.3. The molecule has 1 aromatic heterocycles. The molecule has 0 amide bonds. The maximum Gasteiger partial charge on any atom is 0.485 e. The Morgan fingerprint density at radius 2 is 1.89 bits per heavy atom. The van der Waals surface area contributed by atoms with Crippen molar-refractivity contribution in [3.8, 4) is 0 Å². The van der Waals surface area contributed by atoms with E-state index in [0.29, 0.717) is 13.2 Å². The molecule has 0 unspecified atom stereocenters. The van der Waals surface area contributed by atoms with Crippen LogP contribution in [0, 0.1) is 0 Å². The van der Waals surface area contributed by atoms with Crippen molar-refractivity contribution in [3.05, 3.63) is 62.9 Å². The lowest BCUT2D eigenvalue weighted by atomic mass is 10.0. The standard InChI is InChI=1S/C19H23N4O4S.CHF3O3S/c1-18(2)26-15-14(12-24-11-13-7-5-4-6-8-13)25-19(21-22-20,16(15)27-18)17-23(3)9-10-28-17;2-1(3,4)8(5,6)7/h4-10,14-16H,11-12H2,1-3H3;(H,5,6,7)/q+1;/p-1/t14-,15-,16-,19+;/m1./s1. The van der Waals surface area contributed by atoms with Crippen LogP contribution in [-0.4, -0.2) is 49.2 Å². The fourth-order valence-corrected chi connectivity index (χ4v) is 4.73. The highest BCUT2D eigenvalue weighted by Crippen LogP contribution is 2.50. The molecule has 36 heavy (non-hydrogen) atoms. The number of nitrogens with zero attached hydrogens (tertiary/aromatic N) is 4. The van der Waals surface area contributed by atoms with Gasteiger partial charge in [0.05, 0.1) is 18.6 Å². The highest BCUT2D eigenvalue weighted by molar-refractivity contribution is 7.86. The van der Waals surface area contributed by atoms with Gasteiger partial charge in [0.1, 0.15) is 25.4 Å². The molecule has 0 bridgehead atoms. The van der Waals surface area contributed by atoms with Gasteiger partial charge in [-0.15, -0.1) is 0 Å². The van der Waals surface area contributed by atoms with Crippen LogP contribution in [0.5, 0.6) is 0 Å². The van der Waals surface area contributed by atoms with Crippen molar-refractivity contribution in [3.63, 3.8) is 0 Å². The van der Waals surface area contributed by atoms with E-state index < -0.39 is 45.5 Å². The van der Waals surface area contributed by atoms with E-state index in [1.165, 1.54) is 11.3 Å². The Morgan fingerprint density at radius 3 is 2.42 bits per heavy atom. The number of thiazole rings is 1. The lowest BCUT2D eigenvalue weighted by Crippen LogP contribution is -2.46. The molecular formula is C20H23F3N4O7S2. The van der Waals surface area contributed by atoms with Crippen LogP contribution < -0.4 is 4.57 Å². The molecule has 2 aliphatic rings. The largest absolute Gasteiger partial charge is 0.741 e. The Labute approximate surface area is 208 Å². The molecule has 4 atom stereocenters. The molecule has 0 N–H and O–H groups in total. The second-order valence-electron chi connectivity index (χ2n) is 8.28. The van der Waals surface area contributed by atoms with Crippen LogP contribution in [0.25, 0.3) is 10.4 Å². The summed E-state index contributed by atoms with van der Waals surface area (Å²) in [6.07, 6.45) is 0.503. The molecule has 1 aromatic carbocycles. The predicted molar refractivity (Wildman–Crippen MR) is 117 cm³/mol. The molecule has 2 aliphatic heterocycles. The van der Waals surface area contributed by atoms with Gasteiger partial charge in [0, 0.05) is 4.91 Å². The predicted octanol–water partition coefficient (Wildman–Crippen LogP) is 3.22. The first-order chi connectivity index (χ1) is 16.7. The quantitative estimate of drug-likeness (QED) is 0.133. The molecule has 3 heterocycles. The van der Waals surface area contributed by atoms with Gasteiger partial charge in [0.2, 0.25) is 0 Å². The Morgan fingerprint density at radius 1 is 1.25 bits per heavy atom. The van der Waals surface area contributed by atoms with E-state index in [0.717, 1.165) is 10.6 Å². The van der Waals surface area contributed by atoms with Gasteiger partial charge in [-0.25, -0.2) is 8.42 Å². The number of aromatic nitrogens is 1. The van der Waals surface area contributed by atoms with Crippen LogP contribution in [0.15, 0.2) is 47.0 Å². The number of benzene rings is 1. The van der Waals surface area contributed by atoms with Gasteiger partial charge in [-0.3, -0.25) is 0 Å². The maximum atomic E-state index is 10.7. The van der Waals surface area contributed by atoms with E-state index >= 15 is 0 Å². The Hall–Kier alpha value is -2.30. The van der Waals surface area contributed by atoms with Gasteiger partial charge in [-0.1, -0.05) is 41.7 Å². The van der Waals surface area contributed by atoms with Gasteiger partial charge in [-0.05, 0) is 30.1 Å². The van der Waals surface area contributed by atoms with Crippen LogP contribution in [0.2, 0.25) is 0 Å². The summed E-state index contributed by atoms with van der Waals surface area (Å²) in [5, 5.41) is 6.75. The first-order valence-electron chi connectivity index (χ1n) is 10.4. The minimum absolute atomic E-state index is 0.299. The molecule has 0 spiro atoms. The number of halogens is 3. The van der Waals surface area contributed by atoms with Crippen molar-refractivity contribution in [2.24, 2.45) is 12.2 Å². The Balaban J connectivity index is 0.000000392. The number of azide groups is 1. The van der Waals surface area contributed by atoms with Crippen LogP contribution in [0.4, 0.5) is 13.2 Å². The summed E-state index contributed by atoms with van der Waals surface area (Å²) in [7, 11) is -4.20. The number of hydrogen-bond acceptors (Lipinski definition) is 9. The van der Waals surface area contributed by atoms with Gasteiger partial charge < -0.3 is 23.5 Å². The van der Waals surface area contributed by atoms with E-state index in [9.17, 15) is 18.7 Å². The van der Waals surface area contributed by atoms with Crippen molar-refractivity contribution in [1.29, 1.82) is 0 Å². The fraction of sp³-hybridized carbons (Fsp3) is 0.550. The Bertz CT molecular complexity index is 1200. The molecule has 2 saturated heterocycles. The van der Waals surface area contributed by atoms with Gasteiger partial charge in [-0.2, -0.15) is 17.7 Å². The van der Waals surface area contributed by atoms with Gasteiger partial charge in [0.25, 0.3) is 10.7 Å². The van der Waals surface area contributed by atoms with E-state index in [4.69, 9.17) is 31.9 Å². The summed E-state index contributed by atoms with van der Waals surface area (Å²) in [4.78, 5) is 3.07. The van der Waals surface area contributed by atoms with Crippen molar-refractivity contribution in [2.75, 3.05) is 6.61 Å². The minimum Gasteiger partial charge on any atom is -0.741 e. The number of hydrogen-bond donors (Lipinski definition) is 0. The number of alkyl halides is 3. The summed E-state index contributed by atoms with van der Waals surface area (Å²) < 4.78 is 85.3. The Kier molecular flexibility index (Phi) is 8.32. The third-order valence-corrected chi connectivity index (χ3v) is 6.80. The molecule has 2 fully saturated rings. The summed E-state index contributed by atoms with van der Waals surface area (Å²) >= 11 is 1.45. The lowest BCUT2D eigenvalue weighted by Gasteiger charge is -2.27. The summed E-state index contributed by atoms with van der Waals surface area (Å²) in [6.45, 7) is 4.46. The van der Waals surface area contributed by atoms with E-state index in [2.05, 4.69) is 10.0 Å². The molecule has 198 valence electrons. The third kappa shape index (κ3) is 6.15. The average Bonchev–Trinajstić information content (AvgIpc) is 3.42. The zero-order chi connectivity index (χ0) is 26.8. The highest BCUT2D eigenvalue weighted by Gasteiger charge is 2.67. The first kappa shape index (κ1) is 28.3. The number of ether oxygens (including phenoxy) is 4. The zero-order valence-corrected chi connectivity index (χ0v) is 20.9.